The van der Waals surface area contributed by atoms with Crippen molar-refractivity contribution in [1.82, 2.24) is 29.8 Å². The van der Waals surface area contributed by atoms with Gasteiger partial charge in [0, 0.05) is 32.0 Å². The Morgan fingerprint density at radius 1 is 1.00 bits per heavy atom. The van der Waals surface area contributed by atoms with E-state index in [1.807, 2.05) is 59.3 Å². The van der Waals surface area contributed by atoms with Gasteiger partial charge in [-0.1, -0.05) is 90.1 Å². The zero-order valence-corrected chi connectivity index (χ0v) is 33.4. The topological polar surface area (TPSA) is 264 Å². The zero-order valence-electron chi connectivity index (χ0n) is 30.6. The molecule has 18 nitrogen and oxygen atoms in total. The Morgan fingerprint density at radius 2 is 1.62 bits per heavy atom. The molecule has 0 bridgehead atoms. The summed E-state index contributed by atoms with van der Waals surface area (Å²) in [6.45, 7) is -0.112. The van der Waals surface area contributed by atoms with Crippen molar-refractivity contribution in [3.8, 4) is 22.4 Å². The minimum atomic E-state index is -4.63. The van der Waals surface area contributed by atoms with Gasteiger partial charge in [-0.25, -0.2) is 9.52 Å². The molecule has 1 aromatic heterocycles. The van der Waals surface area contributed by atoms with Crippen LogP contribution in [0.25, 0.3) is 22.4 Å². The molecule has 0 saturated carbocycles. The van der Waals surface area contributed by atoms with Gasteiger partial charge in [0.05, 0.1) is 31.1 Å². The van der Waals surface area contributed by atoms with Crippen LogP contribution in [0, 0.1) is 0 Å². The van der Waals surface area contributed by atoms with Crippen LogP contribution in [-0.4, -0.2) is 106 Å². The number of aromatic nitrogens is 3. The first-order valence-corrected chi connectivity index (χ1v) is 18.6. The van der Waals surface area contributed by atoms with Crippen LogP contribution in [0.5, 0.6) is 0 Å². The number of rotatable bonds is 17. The van der Waals surface area contributed by atoms with Gasteiger partial charge in [0.2, 0.25) is 11.7 Å². The van der Waals surface area contributed by atoms with Crippen molar-refractivity contribution in [3.63, 3.8) is 0 Å². The number of amides is 2. The van der Waals surface area contributed by atoms with Crippen LogP contribution in [0.1, 0.15) is 25.3 Å². The first-order valence-electron chi connectivity index (χ1n) is 17.1. The molecule has 6 atom stereocenters. The van der Waals surface area contributed by atoms with Crippen molar-refractivity contribution < 1.29 is 87.0 Å². The van der Waals surface area contributed by atoms with E-state index in [-0.39, 0.29) is 55.7 Å². The van der Waals surface area contributed by atoms with Crippen molar-refractivity contribution in [2.45, 2.75) is 69.2 Å². The summed E-state index contributed by atoms with van der Waals surface area (Å²) < 4.78 is 46.0. The molecular weight excluding hydrogens is 763 g/mol. The normalized spacial score (nSPS) is 20.5. The van der Waals surface area contributed by atoms with Crippen molar-refractivity contribution >= 4 is 28.2 Å². The SMILES string of the molecule is CC(=O)N[C@H]1[C@H]([C@H](O)[C@H](O)CNS(=O)(=O)NC(=O)OCc2ccccc2)O[C@@](OCCCn2cc(-c3ccc(-c4ccccc4)cc3)nn2)(C(=O)[O-])C[C@@H]1O.[Na+]. The zero-order chi connectivity index (χ0) is 39.6. The minimum Gasteiger partial charge on any atom is -0.544 e. The van der Waals surface area contributed by atoms with Crippen molar-refractivity contribution in [2.24, 2.45) is 0 Å². The van der Waals surface area contributed by atoms with E-state index < -0.39 is 77.4 Å². The molecule has 6 N–H and O–H groups in total. The molecule has 0 spiro atoms. The van der Waals surface area contributed by atoms with Gasteiger partial charge >= 0.3 is 45.9 Å². The third-order valence-corrected chi connectivity index (χ3v) is 9.57. The average molecular weight is 805 g/mol. The largest absolute Gasteiger partial charge is 1.00 e. The van der Waals surface area contributed by atoms with E-state index in [2.05, 4.69) is 15.6 Å². The Bertz CT molecular complexity index is 2010. The van der Waals surface area contributed by atoms with E-state index in [1.54, 1.807) is 41.3 Å². The summed E-state index contributed by atoms with van der Waals surface area (Å²) in [6, 6.07) is 24.6. The Morgan fingerprint density at radius 3 is 2.27 bits per heavy atom. The van der Waals surface area contributed by atoms with Crippen molar-refractivity contribution in [1.29, 1.82) is 0 Å². The summed E-state index contributed by atoms with van der Waals surface area (Å²) in [6.07, 6.45) is -7.91. The number of ether oxygens (including phenoxy) is 3. The van der Waals surface area contributed by atoms with Crippen molar-refractivity contribution in [2.75, 3.05) is 13.2 Å². The van der Waals surface area contributed by atoms with E-state index >= 15 is 0 Å². The molecule has 1 fully saturated rings. The fourth-order valence-corrected chi connectivity index (χ4v) is 6.58. The number of hydrogen-bond acceptors (Lipinski definition) is 14. The number of carbonyl (C=O) groups is 3. The molecule has 294 valence electrons. The van der Waals surface area contributed by atoms with Crippen LogP contribution in [0.15, 0.2) is 91.1 Å². The van der Waals surface area contributed by atoms with Crippen LogP contribution in [0.2, 0.25) is 0 Å². The van der Waals surface area contributed by atoms with Crippen LogP contribution < -0.4 is 49.4 Å². The van der Waals surface area contributed by atoms with Crippen molar-refractivity contribution in [3.05, 3.63) is 96.7 Å². The molecule has 3 aromatic carbocycles. The van der Waals surface area contributed by atoms with Crippen LogP contribution in [0.4, 0.5) is 4.79 Å². The number of aliphatic hydroxyl groups is 3. The number of carbonyl (C=O) groups excluding carboxylic acids is 3. The van der Waals surface area contributed by atoms with E-state index in [9.17, 15) is 43.2 Å². The summed E-state index contributed by atoms with van der Waals surface area (Å²) in [5.74, 6) is -5.27. The van der Waals surface area contributed by atoms with Crippen LogP contribution in [0.3, 0.4) is 0 Å². The number of carboxylic acids is 1. The predicted molar refractivity (Wildman–Crippen MR) is 191 cm³/mol. The fraction of sp³-hybridized carbons (Fsp3) is 0.361. The molecule has 2 heterocycles. The first kappa shape index (κ1) is 44.4. The van der Waals surface area contributed by atoms with Gasteiger partial charge in [-0.05, 0) is 23.1 Å². The maximum absolute atomic E-state index is 12.5. The molecule has 0 radical (unpaired) electrons. The fourth-order valence-electron chi connectivity index (χ4n) is 5.84. The summed E-state index contributed by atoms with van der Waals surface area (Å²) in [4.78, 5) is 36.5. The maximum atomic E-state index is 12.5. The molecular formula is C36H41N6NaO12S. The molecule has 5 rings (SSSR count). The summed E-state index contributed by atoms with van der Waals surface area (Å²) >= 11 is 0. The number of carboxylic acid groups (broad SMARTS) is 1. The van der Waals surface area contributed by atoms with E-state index in [0.29, 0.717) is 11.3 Å². The van der Waals surface area contributed by atoms with Gasteiger partial charge in [-0.3, -0.25) is 9.48 Å². The molecule has 0 aliphatic carbocycles. The summed E-state index contributed by atoms with van der Waals surface area (Å²) in [5.41, 5.74) is 4.13. The predicted octanol–water partition coefficient (Wildman–Crippen LogP) is -3.39. The second-order valence-electron chi connectivity index (χ2n) is 12.7. The van der Waals surface area contributed by atoms with Gasteiger partial charge in [0.15, 0.2) is 0 Å². The Labute approximate surface area is 344 Å². The van der Waals surface area contributed by atoms with E-state index in [1.165, 1.54) is 4.68 Å². The molecule has 0 unspecified atom stereocenters. The van der Waals surface area contributed by atoms with Crippen LogP contribution in [-0.2, 0) is 47.2 Å². The number of nitrogens with zero attached hydrogens (tertiary/aromatic N) is 3. The molecule has 4 aromatic rings. The number of hydrogen-bond donors (Lipinski definition) is 6. The minimum absolute atomic E-state index is 0. The third kappa shape index (κ3) is 12.1. The number of benzene rings is 3. The molecule has 56 heavy (non-hydrogen) atoms. The van der Waals surface area contributed by atoms with Gasteiger partial charge in [-0.15, -0.1) is 5.10 Å². The Balaban J connectivity index is 0.00000696. The van der Waals surface area contributed by atoms with E-state index in [0.717, 1.165) is 23.6 Å². The molecule has 20 heteroatoms. The molecule has 1 aliphatic rings. The first-order chi connectivity index (χ1) is 26.2. The number of aliphatic carboxylic acids is 1. The molecule has 2 amide bonds. The van der Waals surface area contributed by atoms with Gasteiger partial charge in [0.25, 0.3) is 0 Å². The number of nitrogens with one attached hydrogen (secondary N) is 3. The van der Waals surface area contributed by atoms with Gasteiger partial charge < -0.3 is 44.7 Å². The monoisotopic (exact) mass is 804 g/mol. The Kier molecular flexibility index (Phi) is 16.1. The average Bonchev–Trinajstić information content (AvgIpc) is 3.65. The van der Waals surface area contributed by atoms with E-state index in [4.69, 9.17) is 14.2 Å². The maximum Gasteiger partial charge on any atom is 1.00 e. The standard InChI is InChI=1S/C36H42N6O12S.Na/c1-23(43)38-31-29(44)19-36(34(47)48,53-18-8-17-42-21-28(39-41-42)27-15-13-26(14-16-27)25-11-6-3-7-12-25)54-33(31)32(46)30(45)20-37-55(50,51)40-35(49)52-22-24-9-4-2-5-10-24;/h2-7,9-16,21,29-33,37,44-46H,8,17-20,22H2,1H3,(H,38,43)(H,40,49)(H,47,48);/q;+1/p-1/t29-,30+,31+,32+,33+,36+;/m0./s1. The smallest absolute Gasteiger partial charge is 0.544 e. The number of aryl methyl sites for hydroxylation is 1. The van der Waals surface area contributed by atoms with Gasteiger partial charge in [-0.2, -0.15) is 13.1 Å². The molecule has 1 aliphatic heterocycles. The van der Waals surface area contributed by atoms with Crippen LogP contribution >= 0.6 is 0 Å². The third-order valence-electron chi connectivity index (χ3n) is 8.59. The molecule has 1 saturated heterocycles. The van der Waals surface area contributed by atoms with Gasteiger partial charge in [0.1, 0.15) is 30.5 Å². The quantitative estimate of drug-likeness (QED) is 0.0450. The summed E-state index contributed by atoms with van der Waals surface area (Å²) in [7, 11) is -4.63. The summed E-state index contributed by atoms with van der Waals surface area (Å²) in [5, 5.41) is 55.9. The second-order valence-corrected chi connectivity index (χ2v) is 14.2. The number of aliphatic hydroxyl groups excluding tert-OH is 3. The second kappa shape index (κ2) is 20.2. The Hall–Kier alpha value is -4.28.